The molecule has 130 valence electrons. The fraction of sp³-hybridized carbons (Fsp3) is 0.474. The highest BCUT2D eigenvalue weighted by Crippen LogP contribution is 2.72. The molecule has 3 rings (SSSR count). The average molecular weight is 363 g/mol. The van der Waals surface area contributed by atoms with Crippen molar-refractivity contribution < 1.29 is 9.13 Å². The minimum atomic E-state index is -2.66. The Labute approximate surface area is 145 Å². The van der Waals surface area contributed by atoms with E-state index in [2.05, 4.69) is 27.7 Å². The zero-order valence-corrected chi connectivity index (χ0v) is 16.9. The molecule has 0 bridgehead atoms. The van der Waals surface area contributed by atoms with E-state index in [1.807, 2.05) is 34.8 Å². The third-order valence-electron chi connectivity index (χ3n) is 5.40. The molecule has 0 unspecified atom stereocenters. The van der Waals surface area contributed by atoms with Crippen molar-refractivity contribution in [1.29, 1.82) is 0 Å². The van der Waals surface area contributed by atoms with Crippen molar-refractivity contribution in [2.75, 3.05) is 24.6 Å². The van der Waals surface area contributed by atoms with E-state index in [0.29, 0.717) is 31.2 Å². The van der Waals surface area contributed by atoms with Gasteiger partial charge in [-0.2, -0.15) is 4.44 Å². The Bertz CT molecular complexity index is 724. The second-order valence-electron chi connectivity index (χ2n) is 7.46. The van der Waals surface area contributed by atoms with Gasteiger partial charge in [0.15, 0.2) is 14.6 Å². The highest BCUT2D eigenvalue weighted by molar-refractivity contribution is 7.77. The Morgan fingerprint density at radius 3 is 1.50 bits per heavy atom. The summed E-state index contributed by atoms with van der Waals surface area (Å²) in [6, 6.07) is 10.0. The van der Waals surface area contributed by atoms with E-state index in [-0.39, 0.29) is 0 Å². The number of hydrogen-bond donors (Lipinski definition) is 0. The summed E-state index contributed by atoms with van der Waals surface area (Å²) in [5, 5.41) is 0. The molecule has 24 heavy (non-hydrogen) atoms. The van der Waals surface area contributed by atoms with Crippen molar-refractivity contribution in [2.24, 2.45) is 0 Å². The summed E-state index contributed by atoms with van der Waals surface area (Å²) in [5.74, 6) is 0. The lowest BCUT2D eigenvalue weighted by atomic mass is 10.2. The van der Waals surface area contributed by atoms with Gasteiger partial charge in [0, 0.05) is 31.2 Å². The fourth-order valence-corrected chi connectivity index (χ4v) is 12.7. The van der Waals surface area contributed by atoms with Gasteiger partial charge in [-0.3, -0.25) is 0 Å². The molecule has 1 aromatic carbocycles. The van der Waals surface area contributed by atoms with Crippen molar-refractivity contribution >= 4 is 14.6 Å². The SMILES string of the molecule is CC1=C(C)CP(=O)(N(Cc2ccccc2)P2(=O)CC(C)=C(C)C2)C1. The van der Waals surface area contributed by atoms with Crippen LogP contribution >= 0.6 is 14.6 Å². The molecule has 0 fully saturated rings. The second-order valence-corrected chi connectivity index (χ2v) is 13.4. The van der Waals surface area contributed by atoms with Gasteiger partial charge >= 0.3 is 0 Å². The molecular weight excluding hydrogens is 336 g/mol. The molecule has 0 aromatic heterocycles. The van der Waals surface area contributed by atoms with Crippen LogP contribution in [0.25, 0.3) is 0 Å². The van der Waals surface area contributed by atoms with E-state index >= 15 is 0 Å². The van der Waals surface area contributed by atoms with Gasteiger partial charge < -0.3 is 9.13 Å². The molecule has 5 heteroatoms. The monoisotopic (exact) mass is 363 g/mol. The van der Waals surface area contributed by atoms with Crippen LogP contribution in [0.1, 0.15) is 33.3 Å². The molecule has 0 radical (unpaired) electrons. The molecule has 2 aliphatic rings. The summed E-state index contributed by atoms with van der Waals surface area (Å²) < 4.78 is 29.6. The molecule has 2 aliphatic heterocycles. The van der Waals surface area contributed by atoms with Gasteiger partial charge in [0.05, 0.1) is 0 Å². The van der Waals surface area contributed by atoms with Crippen LogP contribution in [0, 0.1) is 0 Å². The Hall–Kier alpha value is -0.880. The Kier molecular flexibility index (Phi) is 4.82. The van der Waals surface area contributed by atoms with Crippen LogP contribution in [-0.2, 0) is 15.7 Å². The van der Waals surface area contributed by atoms with Crippen LogP contribution in [0.3, 0.4) is 0 Å². The van der Waals surface area contributed by atoms with Gasteiger partial charge in [-0.15, -0.1) is 0 Å². The normalized spacial score (nSPS) is 22.7. The molecule has 2 heterocycles. The summed E-state index contributed by atoms with van der Waals surface area (Å²) in [5.41, 5.74) is 5.94. The summed E-state index contributed by atoms with van der Waals surface area (Å²) >= 11 is 0. The second kappa shape index (κ2) is 6.45. The quantitative estimate of drug-likeness (QED) is 0.505. The van der Waals surface area contributed by atoms with Gasteiger partial charge in [-0.1, -0.05) is 52.6 Å². The van der Waals surface area contributed by atoms with Gasteiger partial charge in [0.1, 0.15) is 0 Å². The number of rotatable bonds is 4. The van der Waals surface area contributed by atoms with Crippen molar-refractivity contribution in [1.82, 2.24) is 4.44 Å². The topological polar surface area (TPSA) is 37.4 Å². The zero-order valence-electron chi connectivity index (χ0n) is 15.1. The molecule has 0 N–H and O–H groups in total. The number of allylic oxidation sites excluding steroid dienone is 4. The van der Waals surface area contributed by atoms with Crippen LogP contribution in [-0.4, -0.2) is 29.1 Å². The number of hydrogen-bond acceptors (Lipinski definition) is 2. The van der Waals surface area contributed by atoms with Crippen LogP contribution in [0.2, 0.25) is 0 Å². The first-order valence-electron chi connectivity index (χ1n) is 8.52. The Morgan fingerprint density at radius 2 is 1.12 bits per heavy atom. The van der Waals surface area contributed by atoms with Gasteiger partial charge in [-0.25, -0.2) is 0 Å². The Balaban J connectivity index is 1.97. The van der Waals surface area contributed by atoms with E-state index < -0.39 is 14.6 Å². The Morgan fingerprint density at radius 1 is 0.750 bits per heavy atom. The summed E-state index contributed by atoms with van der Waals surface area (Å²) in [6.07, 6.45) is 2.36. The first-order chi connectivity index (χ1) is 11.2. The third kappa shape index (κ3) is 3.27. The summed E-state index contributed by atoms with van der Waals surface area (Å²) in [7, 11) is -5.31. The lowest BCUT2D eigenvalue weighted by Crippen LogP contribution is -2.21. The minimum absolute atomic E-state index is 0.524. The van der Waals surface area contributed by atoms with E-state index in [9.17, 15) is 9.13 Å². The van der Waals surface area contributed by atoms with E-state index in [1.54, 1.807) is 0 Å². The van der Waals surface area contributed by atoms with Crippen molar-refractivity contribution in [3.63, 3.8) is 0 Å². The predicted molar refractivity (Wildman–Crippen MR) is 103 cm³/mol. The van der Waals surface area contributed by atoms with Crippen LogP contribution in [0.4, 0.5) is 0 Å². The maximum Gasteiger partial charge on any atom is 0.164 e. The molecule has 0 atom stereocenters. The molecule has 0 aliphatic carbocycles. The van der Waals surface area contributed by atoms with E-state index in [1.165, 1.54) is 22.3 Å². The maximum absolute atomic E-state index is 13.8. The standard InChI is InChI=1S/C19H27NO2P2/c1-15-11-23(21,12-16(15)2)20(10-19-8-6-5-7-9-19)24(22)13-17(3)18(4)14-24/h5-9H,10-14H2,1-4H3. The maximum atomic E-state index is 13.8. The highest BCUT2D eigenvalue weighted by atomic mass is 31.2. The minimum Gasteiger partial charge on any atom is -0.305 e. The molecule has 1 aromatic rings. The smallest absolute Gasteiger partial charge is 0.164 e. The number of nitrogens with zero attached hydrogens (tertiary/aromatic N) is 1. The van der Waals surface area contributed by atoms with E-state index in [0.717, 1.165) is 5.56 Å². The van der Waals surface area contributed by atoms with Crippen molar-refractivity contribution in [3.05, 3.63) is 58.2 Å². The highest BCUT2D eigenvalue weighted by Gasteiger charge is 2.47. The molecule has 3 nitrogen and oxygen atoms in total. The van der Waals surface area contributed by atoms with Crippen LogP contribution < -0.4 is 0 Å². The lowest BCUT2D eigenvalue weighted by Gasteiger charge is -2.35. The summed E-state index contributed by atoms with van der Waals surface area (Å²) in [6.45, 7) is 8.78. The molecule has 0 saturated heterocycles. The van der Waals surface area contributed by atoms with Crippen LogP contribution in [0.15, 0.2) is 52.6 Å². The van der Waals surface area contributed by atoms with Gasteiger partial charge in [-0.05, 0) is 33.3 Å². The number of benzene rings is 1. The predicted octanol–water partition coefficient (Wildman–Crippen LogP) is 5.74. The largest absolute Gasteiger partial charge is 0.305 e. The molecule has 0 saturated carbocycles. The molecule has 0 amide bonds. The van der Waals surface area contributed by atoms with Crippen molar-refractivity contribution in [2.45, 2.75) is 34.2 Å². The fourth-order valence-electron chi connectivity index (χ4n) is 3.76. The van der Waals surface area contributed by atoms with Gasteiger partial charge in [0.25, 0.3) is 0 Å². The average Bonchev–Trinajstić information content (AvgIpc) is 2.93. The first kappa shape index (κ1) is 17.9. The first-order valence-corrected chi connectivity index (χ1v) is 12.6. The lowest BCUT2D eigenvalue weighted by molar-refractivity contribution is 0.496. The van der Waals surface area contributed by atoms with Gasteiger partial charge in [0.2, 0.25) is 0 Å². The molecular formula is C19H27NO2P2. The molecule has 0 spiro atoms. The van der Waals surface area contributed by atoms with Crippen molar-refractivity contribution in [3.8, 4) is 0 Å². The van der Waals surface area contributed by atoms with E-state index in [4.69, 9.17) is 0 Å². The zero-order chi connectivity index (χ0) is 17.5. The third-order valence-corrected chi connectivity index (χ3v) is 13.2. The summed E-state index contributed by atoms with van der Waals surface area (Å²) in [4.78, 5) is 0. The van der Waals surface area contributed by atoms with Crippen LogP contribution in [0.5, 0.6) is 0 Å².